The molecule has 2 rings (SSSR count). The van der Waals surface area contributed by atoms with Gasteiger partial charge in [0.2, 0.25) is 0 Å². The van der Waals surface area contributed by atoms with Gasteiger partial charge in [-0.1, -0.05) is 6.07 Å². The van der Waals surface area contributed by atoms with Gasteiger partial charge in [0.1, 0.15) is 11.6 Å². The van der Waals surface area contributed by atoms with E-state index in [2.05, 4.69) is 10.4 Å². The van der Waals surface area contributed by atoms with Gasteiger partial charge in [-0.15, -0.1) is 11.8 Å². The Morgan fingerprint density at radius 2 is 2.24 bits per heavy atom. The van der Waals surface area contributed by atoms with E-state index in [1.807, 2.05) is 19.1 Å². The Labute approximate surface area is 127 Å². The normalized spacial score (nSPS) is 12.1. The molecule has 1 atom stereocenters. The van der Waals surface area contributed by atoms with Crippen molar-refractivity contribution in [2.24, 2.45) is 5.84 Å². The van der Waals surface area contributed by atoms with Crippen LogP contribution < -0.4 is 16.0 Å². The summed E-state index contributed by atoms with van der Waals surface area (Å²) in [6.45, 7) is 2.51. The van der Waals surface area contributed by atoms with Gasteiger partial charge in [-0.2, -0.15) is 0 Å². The Morgan fingerprint density at radius 1 is 1.38 bits per heavy atom. The number of benzene rings is 1. The van der Waals surface area contributed by atoms with E-state index in [-0.39, 0.29) is 11.9 Å². The number of thioether (sulfide) groups is 1. The molecule has 0 fully saturated rings. The van der Waals surface area contributed by atoms with Crippen LogP contribution in [0.25, 0.3) is 0 Å². The minimum absolute atomic E-state index is 0.0915. The van der Waals surface area contributed by atoms with Gasteiger partial charge in [0.15, 0.2) is 0 Å². The molecule has 0 amide bonds. The van der Waals surface area contributed by atoms with Crippen LogP contribution in [0.2, 0.25) is 0 Å². The number of nitrogens with zero attached hydrogens (tertiary/aromatic N) is 1. The zero-order valence-electron chi connectivity index (χ0n) is 11.8. The minimum Gasteiger partial charge on any atom is -0.492 e. The molecule has 21 heavy (non-hydrogen) atoms. The van der Waals surface area contributed by atoms with Crippen LogP contribution in [0.3, 0.4) is 0 Å². The Kier molecular flexibility index (Phi) is 5.98. The average molecular weight is 307 g/mol. The van der Waals surface area contributed by atoms with E-state index in [0.29, 0.717) is 18.1 Å². The number of halogens is 1. The van der Waals surface area contributed by atoms with E-state index in [1.165, 1.54) is 23.9 Å². The molecule has 0 bridgehead atoms. The first kappa shape index (κ1) is 15.8. The van der Waals surface area contributed by atoms with Gasteiger partial charge >= 0.3 is 0 Å². The molecule has 1 aromatic heterocycles. The molecule has 0 aliphatic rings. The third-order valence-electron chi connectivity index (χ3n) is 2.86. The lowest BCUT2D eigenvalue weighted by molar-refractivity contribution is 0.338. The smallest absolute Gasteiger partial charge is 0.137 e. The second-order valence-electron chi connectivity index (χ2n) is 4.37. The zero-order valence-corrected chi connectivity index (χ0v) is 12.6. The molecule has 112 valence electrons. The van der Waals surface area contributed by atoms with Crippen molar-refractivity contribution < 1.29 is 9.13 Å². The predicted octanol–water partition coefficient (Wildman–Crippen LogP) is 2.92. The number of nitrogens with two attached hydrogens (primary N) is 1. The number of nitrogens with one attached hydrogen (secondary N) is 1. The van der Waals surface area contributed by atoms with Crippen molar-refractivity contribution in [1.82, 2.24) is 10.4 Å². The molecule has 1 heterocycles. The summed E-state index contributed by atoms with van der Waals surface area (Å²) in [4.78, 5) is 5.02. The molecular weight excluding hydrogens is 289 g/mol. The maximum atomic E-state index is 13.2. The van der Waals surface area contributed by atoms with Crippen LogP contribution in [0, 0.1) is 5.82 Å². The molecule has 2 aromatic rings. The van der Waals surface area contributed by atoms with E-state index in [4.69, 9.17) is 10.6 Å². The SMILES string of the molecule is CCOc1cncc(C(CSc2cccc(F)c2)NN)c1. The number of pyridine rings is 1. The topological polar surface area (TPSA) is 60.2 Å². The Morgan fingerprint density at radius 3 is 2.95 bits per heavy atom. The first-order chi connectivity index (χ1) is 10.2. The van der Waals surface area contributed by atoms with Crippen LogP contribution in [0.4, 0.5) is 4.39 Å². The predicted molar refractivity (Wildman–Crippen MR) is 82.6 cm³/mol. The second-order valence-corrected chi connectivity index (χ2v) is 5.47. The van der Waals surface area contributed by atoms with Gasteiger partial charge in [0, 0.05) is 16.8 Å². The molecular formula is C15H18FN3OS. The summed E-state index contributed by atoms with van der Waals surface area (Å²) in [7, 11) is 0. The molecule has 0 spiro atoms. The minimum atomic E-state index is -0.239. The standard InChI is InChI=1S/C15H18FN3OS/c1-2-20-13-6-11(8-18-9-13)15(19-17)10-21-14-5-3-4-12(16)7-14/h3-9,15,19H,2,10,17H2,1H3. The summed E-state index contributed by atoms with van der Waals surface area (Å²) < 4.78 is 18.6. The fourth-order valence-corrected chi connectivity index (χ4v) is 2.87. The summed E-state index contributed by atoms with van der Waals surface area (Å²) in [6, 6.07) is 8.32. The first-order valence-corrected chi connectivity index (χ1v) is 7.63. The third-order valence-corrected chi connectivity index (χ3v) is 3.95. The van der Waals surface area contributed by atoms with Crippen molar-refractivity contribution in [3.05, 3.63) is 54.1 Å². The van der Waals surface area contributed by atoms with Gasteiger partial charge < -0.3 is 4.74 Å². The zero-order chi connectivity index (χ0) is 15.1. The van der Waals surface area contributed by atoms with Crippen molar-refractivity contribution in [3.8, 4) is 5.75 Å². The van der Waals surface area contributed by atoms with E-state index >= 15 is 0 Å². The second kappa shape index (κ2) is 7.97. The van der Waals surface area contributed by atoms with Crippen molar-refractivity contribution in [2.75, 3.05) is 12.4 Å². The van der Waals surface area contributed by atoms with Gasteiger partial charge in [-0.25, -0.2) is 4.39 Å². The lowest BCUT2D eigenvalue weighted by atomic mass is 10.1. The summed E-state index contributed by atoms with van der Waals surface area (Å²) >= 11 is 1.53. The maximum absolute atomic E-state index is 13.2. The van der Waals surface area contributed by atoms with Crippen molar-refractivity contribution in [3.63, 3.8) is 0 Å². The lowest BCUT2D eigenvalue weighted by Crippen LogP contribution is -2.29. The van der Waals surface area contributed by atoms with Gasteiger partial charge in [0.25, 0.3) is 0 Å². The van der Waals surface area contributed by atoms with Crippen LogP contribution in [0.15, 0.2) is 47.6 Å². The van der Waals surface area contributed by atoms with E-state index < -0.39 is 0 Å². The van der Waals surface area contributed by atoms with Gasteiger partial charge in [-0.05, 0) is 36.8 Å². The van der Waals surface area contributed by atoms with Gasteiger partial charge in [-0.3, -0.25) is 16.3 Å². The Balaban J connectivity index is 2.04. The fourth-order valence-electron chi connectivity index (χ4n) is 1.85. The number of hydrogen-bond acceptors (Lipinski definition) is 5. The van der Waals surface area contributed by atoms with Crippen molar-refractivity contribution in [2.45, 2.75) is 17.9 Å². The highest BCUT2D eigenvalue weighted by atomic mass is 32.2. The highest BCUT2D eigenvalue weighted by molar-refractivity contribution is 7.99. The van der Waals surface area contributed by atoms with Crippen LogP contribution in [0.1, 0.15) is 18.5 Å². The third kappa shape index (κ3) is 4.70. The highest BCUT2D eigenvalue weighted by Crippen LogP contribution is 2.26. The van der Waals surface area contributed by atoms with Crippen molar-refractivity contribution in [1.29, 1.82) is 0 Å². The lowest BCUT2D eigenvalue weighted by Gasteiger charge is -2.16. The first-order valence-electron chi connectivity index (χ1n) is 6.65. The highest BCUT2D eigenvalue weighted by Gasteiger charge is 2.12. The quantitative estimate of drug-likeness (QED) is 0.468. The van der Waals surface area contributed by atoms with Crippen LogP contribution in [0.5, 0.6) is 5.75 Å². The maximum Gasteiger partial charge on any atom is 0.137 e. The molecule has 4 nitrogen and oxygen atoms in total. The Bertz CT molecular complexity index is 582. The summed E-state index contributed by atoms with van der Waals surface area (Å²) in [5.41, 5.74) is 3.70. The largest absolute Gasteiger partial charge is 0.492 e. The number of ether oxygens (including phenoxy) is 1. The summed E-state index contributed by atoms with van der Waals surface area (Å²) in [5.74, 6) is 6.76. The molecule has 0 radical (unpaired) electrons. The summed E-state index contributed by atoms with van der Waals surface area (Å²) in [5, 5.41) is 0. The van der Waals surface area contributed by atoms with E-state index in [9.17, 15) is 4.39 Å². The molecule has 0 saturated heterocycles. The molecule has 0 aliphatic carbocycles. The number of hydrogen-bond donors (Lipinski definition) is 2. The van der Waals surface area contributed by atoms with Gasteiger partial charge in [0.05, 0.1) is 18.8 Å². The van der Waals surface area contributed by atoms with Crippen molar-refractivity contribution >= 4 is 11.8 Å². The van der Waals surface area contributed by atoms with E-state index in [0.717, 1.165) is 10.5 Å². The molecule has 1 aromatic carbocycles. The van der Waals surface area contributed by atoms with E-state index in [1.54, 1.807) is 18.5 Å². The molecule has 1 unspecified atom stereocenters. The average Bonchev–Trinajstić information content (AvgIpc) is 2.49. The molecule has 3 N–H and O–H groups in total. The monoisotopic (exact) mass is 307 g/mol. The molecule has 6 heteroatoms. The van der Waals surface area contributed by atoms with Crippen LogP contribution in [-0.2, 0) is 0 Å². The number of aromatic nitrogens is 1. The number of hydrazine groups is 1. The molecule has 0 saturated carbocycles. The number of rotatable bonds is 7. The van der Waals surface area contributed by atoms with Crippen LogP contribution in [-0.4, -0.2) is 17.3 Å². The Hall–Kier alpha value is -1.63. The summed E-state index contributed by atoms with van der Waals surface area (Å²) in [6.07, 6.45) is 3.42. The molecule has 0 aliphatic heterocycles. The van der Waals surface area contributed by atoms with Crippen LogP contribution >= 0.6 is 11.8 Å². The fraction of sp³-hybridized carbons (Fsp3) is 0.267.